The van der Waals surface area contributed by atoms with Crippen molar-refractivity contribution in [3.63, 3.8) is 0 Å². The zero-order valence-corrected chi connectivity index (χ0v) is 14.0. The van der Waals surface area contributed by atoms with Crippen LogP contribution in [0.4, 0.5) is 0 Å². The summed E-state index contributed by atoms with van der Waals surface area (Å²) in [5.41, 5.74) is 2.71. The number of aliphatic carboxylic acids is 1. The van der Waals surface area contributed by atoms with Crippen LogP contribution in [0.3, 0.4) is 0 Å². The summed E-state index contributed by atoms with van der Waals surface area (Å²) in [7, 11) is 1.52. The van der Waals surface area contributed by atoms with E-state index < -0.39 is 17.9 Å². The van der Waals surface area contributed by atoms with E-state index in [1.165, 1.54) is 7.11 Å². The first-order valence-electron chi connectivity index (χ1n) is 7.93. The van der Waals surface area contributed by atoms with Gasteiger partial charge in [-0.1, -0.05) is 12.1 Å². The highest BCUT2D eigenvalue weighted by molar-refractivity contribution is 5.97. The van der Waals surface area contributed by atoms with Crippen molar-refractivity contribution in [2.75, 3.05) is 13.7 Å². The molecule has 0 aliphatic carbocycles. The summed E-state index contributed by atoms with van der Waals surface area (Å²) in [5.74, 6) is -0.245. The molecular formula is C19H19NO5. The zero-order valence-electron chi connectivity index (χ0n) is 14.0. The fourth-order valence-corrected chi connectivity index (χ4v) is 2.85. The van der Waals surface area contributed by atoms with Crippen LogP contribution in [-0.2, 0) is 11.2 Å². The third-order valence-corrected chi connectivity index (χ3v) is 4.24. The molecule has 0 bridgehead atoms. The molecule has 1 aliphatic heterocycles. The number of carboxylic acid groups (broad SMARTS) is 1. The summed E-state index contributed by atoms with van der Waals surface area (Å²) >= 11 is 0. The number of fused-ring (bicyclic) bond motifs is 1. The lowest BCUT2D eigenvalue weighted by Gasteiger charge is -2.16. The average Bonchev–Trinajstić information content (AvgIpc) is 3.07. The summed E-state index contributed by atoms with van der Waals surface area (Å²) in [6.45, 7) is 2.46. The molecule has 1 heterocycles. The number of carboxylic acids is 1. The molecule has 3 rings (SSSR count). The Balaban J connectivity index is 1.85. The minimum Gasteiger partial charge on any atom is -0.496 e. The number of benzene rings is 2. The molecule has 2 N–H and O–H groups in total. The van der Waals surface area contributed by atoms with Crippen LogP contribution in [0, 0.1) is 6.92 Å². The highest BCUT2D eigenvalue weighted by Crippen LogP contribution is 2.28. The smallest absolute Gasteiger partial charge is 0.330 e. The van der Waals surface area contributed by atoms with Crippen LogP contribution < -0.4 is 14.8 Å². The maximum Gasteiger partial charge on any atom is 0.330 e. The minimum absolute atomic E-state index is 0.346. The lowest BCUT2D eigenvalue weighted by molar-refractivity contribution is -0.139. The lowest BCUT2D eigenvalue weighted by Crippen LogP contribution is -2.33. The van der Waals surface area contributed by atoms with Gasteiger partial charge in [-0.25, -0.2) is 4.79 Å². The van der Waals surface area contributed by atoms with Crippen molar-refractivity contribution in [2.24, 2.45) is 0 Å². The Morgan fingerprint density at radius 3 is 2.76 bits per heavy atom. The first kappa shape index (κ1) is 16.8. The number of carbonyl (C=O) groups is 2. The average molecular weight is 341 g/mol. The summed E-state index contributed by atoms with van der Waals surface area (Å²) in [5, 5.41) is 12.1. The van der Waals surface area contributed by atoms with Gasteiger partial charge in [0.25, 0.3) is 5.91 Å². The van der Waals surface area contributed by atoms with E-state index in [9.17, 15) is 14.7 Å². The van der Waals surface area contributed by atoms with E-state index in [0.29, 0.717) is 23.5 Å². The van der Waals surface area contributed by atoms with Gasteiger partial charge in [0.2, 0.25) is 0 Å². The van der Waals surface area contributed by atoms with Crippen molar-refractivity contribution in [1.82, 2.24) is 5.32 Å². The van der Waals surface area contributed by atoms with Crippen molar-refractivity contribution >= 4 is 11.9 Å². The maximum absolute atomic E-state index is 12.5. The number of aryl methyl sites for hydroxylation is 1. The van der Waals surface area contributed by atoms with Gasteiger partial charge < -0.3 is 19.9 Å². The van der Waals surface area contributed by atoms with Gasteiger partial charge in [-0.05, 0) is 47.9 Å². The molecular weight excluding hydrogens is 322 g/mol. The van der Waals surface area contributed by atoms with Gasteiger partial charge in [0.1, 0.15) is 11.5 Å². The third kappa shape index (κ3) is 3.42. The molecule has 2 aromatic carbocycles. The monoisotopic (exact) mass is 341 g/mol. The molecule has 1 unspecified atom stereocenters. The van der Waals surface area contributed by atoms with E-state index in [4.69, 9.17) is 9.47 Å². The third-order valence-electron chi connectivity index (χ3n) is 4.24. The summed E-state index contributed by atoms with van der Waals surface area (Å²) in [6, 6.07) is 9.05. The van der Waals surface area contributed by atoms with Crippen molar-refractivity contribution < 1.29 is 24.2 Å². The van der Waals surface area contributed by atoms with Gasteiger partial charge in [0, 0.05) is 12.0 Å². The normalized spacial score (nSPS) is 13.5. The van der Waals surface area contributed by atoms with Crippen molar-refractivity contribution in [3.8, 4) is 11.5 Å². The van der Waals surface area contributed by atoms with Gasteiger partial charge in [-0.3, -0.25) is 4.79 Å². The fraction of sp³-hybridized carbons (Fsp3) is 0.263. The van der Waals surface area contributed by atoms with Crippen molar-refractivity contribution in [3.05, 3.63) is 58.7 Å². The van der Waals surface area contributed by atoms with Crippen LogP contribution in [0.25, 0.3) is 0 Å². The molecule has 6 heteroatoms. The summed E-state index contributed by atoms with van der Waals surface area (Å²) < 4.78 is 10.6. The molecule has 0 radical (unpaired) electrons. The first-order valence-corrected chi connectivity index (χ1v) is 7.93. The predicted octanol–water partition coefficient (Wildman–Crippen LogP) is 2.49. The van der Waals surface area contributed by atoms with Crippen LogP contribution >= 0.6 is 0 Å². The predicted molar refractivity (Wildman–Crippen MR) is 91.2 cm³/mol. The van der Waals surface area contributed by atoms with E-state index in [1.807, 2.05) is 6.92 Å². The Bertz CT molecular complexity index is 831. The second-order valence-electron chi connectivity index (χ2n) is 5.89. The van der Waals surface area contributed by atoms with Crippen LogP contribution in [-0.4, -0.2) is 30.7 Å². The van der Waals surface area contributed by atoms with E-state index in [1.54, 1.807) is 36.4 Å². The number of methoxy groups -OCH3 is 1. The molecule has 1 atom stereocenters. The van der Waals surface area contributed by atoms with Crippen LogP contribution in [0.2, 0.25) is 0 Å². The number of carbonyl (C=O) groups excluding carboxylic acids is 1. The topological polar surface area (TPSA) is 84.9 Å². The molecule has 0 saturated carbocycles. The quantitative estimate of drug-likeness (QED) is 0.873. The number of hydrogen-bond acceptors (Lipinski definition) is 4. The van der Waals surface area contributed by atoms with Crippen molar-refractivity contribution in [1.29, 1.82) is 0 Å². The Labute approximate surface area is 145 Å². The molecule has 0 spiro atoms. The van der Waals surface area contributed by atoms with Gasteiger partial charge in [0.15, 0.2) is 6.04 Å². The van der Waals surface area contributed by atoms with Crippen LogP contribution in [0.1, 0.15) is 33.1 Å². The molecule has 0 fully saturated rings. The van der Waals surface area contributed by atoms with Crippen molar-refractivity contribution in [2.45, 2.75) is 19.4 Å². The molecule has 0 saturated heterocycles. The number of nitrogens with one attached hydrogen (secondary N) is 1. The molecule has 1 aliphatic rings. The Morgan fingerprint density at radius 1 is 1.24 bits per heavy atom. The maximum atomic E-state index is 12.5. The number of ether oxygens (including phenoxy) is 2. The molecule has 0 aromatic heterocycles. The SMILES string of the molecule is COc1cc(C(=O)NC(C(=O)O)c2ccc3c(c2)CCO3)ccc1C. The van der Waals surface area contributed by atoms with Crippen LogP contribution in [0.5, 0.6) is 11.5 Å². The summed E-state index contributed by atoms with van der Waals surface area (Å²) in [6.07, 6.45) is 0.735. The fourth-order valence-electron chi connectivity index (χ4n) is 2.85. The zero-order chi connectivity index (χ0) is 18.0. The second-order valence-corrected chi connectivity index (χ2v) is 5.89. The van der Waals surface area contributed by atoms with E-state index >= 15 is 0 Å². The van der Waals surface area contributed by atoms with E-state index in [0.717, 1.165) is 23.3 Å². The standard InChI is InChI=1S/C19H19NO5/c1-11-3-4-14(10-16(11)24-2)18(21)20-17(19(22)23)13-5-6-15-12(9-13)7-8-25-15/h3-6,9-10,17H,7-8H2,1-2H3,(H,20,21)(H,22,23). The Morgan fingerprint density at radius 2 is 2.04 bits per heavy atom. The molecule has 1 amide bonds. The van der Waals surface area contributed by atoms with Gasteiger partial charge >= 0.3 is 5.97 Å². The lowest BCUT2D eigenvalue weighted by atomic mass is 10.0. The minimum atomic E-state index is -1.13. The van der Waals surface area contributed by atoms with E-state index in [2.05, 4.69) is 5.32 Å². The van der Waals surface area contributed by atoms with Crippen LogP contribution in [0.15, 0.2) is 36.4 Å². The molecule has 2 aromatic rings. The molecule has 130 valence electrons. The first-order chi connectivity index (χ1) is 12.0. The highest BCUT2D eigenvalue weighted by atomic mass is 16.5. The number of rotatable bonds is 5. The summed E-state index contributed by atoms with van der Waals surface area (Å²) in [4.78, 5) is 24.2. The largest absolute Gasteiger partial charge is 0.496 e. The van der Waals surface area contributed by atoms with Gasteiger partial charge in [-0.2, -0.15) is 0 Å². The second kappa shape index (κ2) is 6.84. The Hall–Kier alpha value is -3.02. The molecule has 6 nitrogen and oxygen atoms in total. The van der Waals surface area contributed by atoms with E-state index in [-0.39, 0.29) is 0 Å². The highest BCUT2D eigenvalue weighted by Gasteiger charge is 2.25. The van der Waals surface area contributed by atoms with Gasteiger partial charge in [0.05, 0.1) is 13.7 Å². The number of amides is 1. The van der Waals surface area contributed by atoms with Gasteiger partial charge in [-0.15, -0.1) is 0 Å². The Kier molecular flexibility index (Phi) is 4.61. The molecule has 25 heavy (non-hydrogen) atoms. The number of hydrogen-bond donors (Lipinski definition) is 2.